The average molecular weight is 282 g/mol. The molecule has 21 heavy (non-hydrogen) atoms. The van der Waals surface area contributed by atoms with Gasteiger partial charge in [-0.2, -0.15) is 0 Å². The first-order valence-corrected chi connectivity index (χ1v) is 7.78. The number of benzene rings is 1. The maximum absolute atomic E-state index is 5.73. The molecule has 1 N–H and O–H groups in total. The van der Waals surface area contributed by atoms with E-state index in [1.165, 1.54) is 22.5 Å². The van der Waals surface area contributed by atoms with Gasteiger partial charge in [-0.05, 0) is 36.8 Å². The number of hydrogen-bond acceptors (Lipinski definition) is 2. The van der Waals surface area contributed by atoms with Crippen molar-refractivity contribution >= 4 is 0 Å². The summed E-state index contributed by atoms with van der Waals surface area (Å²) in [4.78, 5) is 8.11. The molecule has 0 radical (unpaired) electrons. The summed E-state index contributed by atoms with van der Waals surface area (Å²) in [5, 5.41) is 0. The Labute approximate surface area is 125 Å². The molecule has 0 amide bonds. The molecule has 2 heterocycles. The maximum atomic E-state index is 5.73. The summed E-state index contributed by atoms with van der Waals surface area (Å²) >= 11 is 0. The highest BCUT2D eigenvalue weighted by molar-refractivity contribution is 5.51. The quantitative estimate of drug-likeness (QED) is 0.908. The molecule has 0 spiro atoms. The molecule has 4 rings (SSSR count). The summed E-state index contributed by atoms with van der Waals surface area (Å²) in [7, 11) is 0. The summed E-state index contributed by atoms with van der Waals surface area (Å²) in [5.74, 6) is 3.17. The summed E-state index contributed by atoms with van der Waals surface area (Å²) in [6.45, 7) is 9.72. The van der Waals surface area contributed by atoms with Gasteiger partial charge in [0.2, 0.25) is 0 Å². The lowest BCUT2D eigenvalue weighted by molar-refractivity contribution is 0.357. The molecule has 1 aromatic heterocycles. The molecule has 2 aromatic rings. The van der Waals surface area contributed by atoms with Gasteiger partial charge in [-0.3, -0.25) is 0 Å². The monoisotopic (exact) mass is 282 g/mol. The highest BCUT2D eigenvalue weighted by Gasteiger charge is 2.61. The molecule has 3 heteroatoms. The molecule has 3 nitrogen and oxygen atoms in total. The summed E-state index contributed by atoms with van der Waals surface area (Å²) in [6.07, 6.45) is 1.05. The van der Waals surface area contributed by atoms with E-state index in [0.717, 1.165) is 24.6 Å². The van der Waals surface area contributed by atoms with Crippen molar-refractivity contribution in [3.63, 3.8) is 0 Å². The first-order valence-electron chi connectivity index (χ1n) is 7.78. The van der Waals surface area contributed by atoms with E-state index in [4.69, 9.17) is 9.72 Å². The minimum absolute atomic E-state index is 0.268. The van der Waals surface area contributed by atoms with Crippen LogP contribution in [0.4, 0.5) is 0 Å². The Morgan fingerprint density at radius 2 is 2.05 bits per heavy atom. The zero-order valence-corrected chi connectivity index (χ0v) is 13.2. The van der Waals surface area contributed by atoms with Gasteiger partial charge >= 0.3 is 0 Å². The normalized spacial score (nSPS) is 25.5. The highest BCUT2D eigenvalue weighted by Crippen LogP contribution is 2.70. The standard InChI is InChI=1S/C18H22N2O/c1-10-17(20-11(2)19-10)16-15(18(16,3)4)13-6-5-7-14-12(13)8-9-21-14/h5-7,15-16H,8-9H2,1-4H3,(H,19,20)/t15-,16+/m1/s1. The van der Waals surface area contributed by atoms with Crippen LogP contribution in [0.25, 0.3) is 0 Å². The van der Waals surface area contributed by atoms with Gasteiger partial charge in [-0.15, -0.1) is 0 Å². The number of nitrogens with zero attached hydrogens (tertiary/aromatic N) is 1. The number of rotatable bonds is 2. The van der Waals surface area contributed by atoms with Crippen LogP contribution in [0.15, 0.2) is 18.2 Å². The van der Waals surface area contributed by atoms with Crippen molar-refractivity contribution in [3.05, 3.63) is 46.5 Å². The number of H-pyrrole nitrogens is 1. The van der Waals surface area contributed by atoms with Gasteiger partial charge in [-0.25, -0.2) is 4.98 Å². The van der Waals surface area contributed by atoms with Crippen molar-refractivity contribution in [1.29, 1.82) is 0 Å². The molecule has 0 bridgehead atoms. The van der Waals surface area contributed by atoms with E-state index >= 15 is 0 Å². The first-order chi connectivity index (χ1) is 10.00. The van der Waals surface area contributed by atoms with Crippen molar-refractivity contribution in [2.75, 3.05) is 6.61 Å². The van der Waals surface area contributed by atoms with E-state index in [2.05, 4.69) is 44.0 Å². The molecule has 1 fully saturated rings. The summed E-state index contributed by atoms with van der Waals surface area (Å²) in [6, 6.07) is 6.52. The number of ether oxygens (including phenoxy) is 1. The molecule has 0 unspecified atom stereocenters. The molecule has 2 aliphatic rings. The Morgan fingerprint density at radius 3 is 2.76 bits per heavy atom. The van der Waals surface area contributed by atoms with E-state index in [9.17, 15) is 0 Å². The van der Waals surface area contributed by atoms with E-state index < -0.39 is 0 Å². The third-order valence-corrected chi connectivity index (χ3v) is 5.28. The van der Waals surface area contributed by atoms with Crippen LogP contribution in [-0.2, 0) is 6.42 Å². The van der Waals surface area contributed by atoms with Gasteiger partial charge in [0, 0.05) is 23.6 Å². The predicted octanol–water partition coefficient (Wildman–Crippen LogP) is 3.87. The molecule has 1 saturated carbocycles. The van der Waals surface area contributed by atoms with Gasteiger partial charge < -0.3 is 9.72 Å². The van der Waals surface area contributed by atoms with E-state index in [1.54, 1.807) is 0 Å². The zero-order valence-electron chi connectivity index (χ0n) is 13.2. The van der Waals surface area contributed by atoms with Crippen LogP contribution < -0.4 is 4.74 Å². The minimum atomic E-state index is 0.268. The van der Waals surface area contributed by atoms with Gasteiger partial charge in [0.05, 0.1) is 12.3 Å². The van der Waals surface area contributed by atoms with Crippen LogP contribution in [-0.4, -0.2) is 16.6 Å². The van der Waals surface area contributed by atoms with Crippen LogP contribution >= 0.6 is 0 Å². The van der Waals surface area contributed by atoms with Gasteiger partial charge in [0.25, 0.3) is 0 Å². The fraction of sp³-hybridized carbons (Fsp3) is 0.500. The number of aromatic amines is 1. The lowest BCUT2D eigenvalue weighted by Crippen LogP contribution is -1.94. The third-order valence-electron chi connectivity index (χ3n) is 5.28. The van der Waals surface area contributed by atoms with Crippen molar-refractivity contribution in [3.8, 4) is 5.75 Å². The highest BCUT2D eigenvalue weighted by atomic mass is 16.5. The molecular weight excluding hydrogens is 260 g/mol. The lowest BCUT2D eigenvalue weighted by Gasteiger charge is -2.08. The molecule has 1 aromatic carbocycles. The van der Waals surface area contributed by atoms with Crippen molar-refractivity contribution < 1.29 is 4.74 Å². The van der Waals surface area contributed by atoms with Crippen LogP contribution in [0, 0.1) is 19.3 Å². The second-order valence-corrected chi connectivity index (χ2v) is 7.03. The first kappa shape index (κ1) is 12.9. The fourth-order valence-electron chi connectivity index (χ4n) is 4.20. The Kier molecular flexibility index (Phi) is 2.54. The number of nitrogens with one attached hydrogen (secondary N) is 1. The van der Waals surface area contributed by atoms with Crippen LogP contribution in [0.5, 0.6) is 5.75 Å². The van der Waals surface area contributed by atoms with E-state index in [-0.39, 0.29) is 5.41 Å². The molecule has 1 aliphatic heterocycles. The maximum Gasteiger partial charge on any atom is 0.122 e. The molecule has 0 saturated heterocycles. The SMILES string of the molecule is Cc1nc([C@@H]2[C@@H](c3cccc4c3CCO4)C2(C)C)c(C)[nH]1. The minimum Gasteiger partial charge on any atom is -0.493 e. The van der Waals surface area contributed by atoms with E-state index in [1.807, 2.05) is 6.92 Å². The Balaban J connectivity index is 1.77. The average Bonchev–Trinajstić information content (AvgIpc) is 2.81. The van der Waals surface area contributed by atoms with E-state index in [0.29, 0.717) is 11.8 Å². The van der Waals surface area contributed by atoms with Gasteiger partial charge in [0.15, 0.2) is 0 Å². The largest absolute Gasteiger partial charge is 0.493 e. The summed E-state index contributed by atoms with van der Waals surface area (Å²) < 4.78 is 5.73. The topological polar surface area (TPSA) is 37.9 Å². The molecule has 2 atom stereocenters. The second kappa shape index (κ2) is 4.12. The Hall–Kier alpha value is -1.77. The van der Waals surface area contributed by atoms with Crippen molar-refractivity contribution in [2.24, 2.45) is 5.41 Å². The fourth-order valence-corrected chi connectivity index (χ4v) is 4.20. The molecular formula is C18H22N2O. The summed E-state index contributed by atoms with van der Waals surface area (Å²) in [5.41, 5.74) is 5.63. The van der Waals surface area contributed by atoms with Crippen LogP contribution in [0.2, 0.25) is 0 Å². The van der Waals surface area contributed by atoms with Gasteiger partial charge in [0.1, 0.15) is 11.6 Å². The van der Waals surface area contributed by atoms with Crippen LogP contribution in [0.1, 0.15) is 54.0 Å². The number of imidazole rings is 1. The number of hydrogen-bond donors (Lipinski definition) is 1. The smallest absolute Gasteiger partial charge is 0.122 e. The molecule has 110 valence electrons. The number of fused-ring (bicyclic) bond motifs is 1. The number of aryl methyl sites for hydroxylation is 2. The second-order valence-electron chi connectivity index (χ2n) is 7.03. The number of aromatic nitrogens is 2. The van der Waals surface area contributed by atoms with Crippen molar-refractivity contribution in [2.45, 2.75) is 46.0 Å². The Morgan fingerprint density at radius 1 is 1.24 bits per heavy atom. The van der Waals surface area contributed by atoms with Crippen molar-refractivity contribution in [1.82, 2.24) is 9.97 Å². The molecule has 1 aliphatic carbocycles. The zero-order chi connectivity index (χ0) is 14.8. The third kappa shape index (κ3) is 1.76. The van der Waals surface area contributed by atoms with Gasteiger partial charge in [-0.1, -0.05) is 26.0 Å². The van der Waals surface area contributed by atoms with Crippen LogP contribution in [0.3, 0.4) is 0 Å². The predicted molar refractivity (Wildman–Crippen MR) is 83.0 cm³/mol. The Bertz CT molecular complexity index is 714. The lowest BCUT2D eigenvalue weighted by atomic mass is 9.96.